The summed E-state index contributed by atoms with van der Waals surface area (Å²) in [7, 11) is 1.89. The maximum Gasteiger partial charge on any atom is 0.168 e. The molecule has 0 aliphatic rings. The van der Waals surface area contributed by atoms with Crippen molar-refractivity contribution < 1.29 is 4.74 Å². The van der Waals surface area contributed by atoms with E-state index in [0.717, 1.165) is 5.82 Å². The monoisotopic (exact) mass is 227 g/mol. The van der Waals surface area contributed by atoms with Gasteiger partial charge in [-0.05, 0) is 45.2 Å². The summed E-state index contributed by atoms with van der Waals surface area (Å²) >= 11 is 0. The molecule has 0 radical (unpaired) electrons. The molecular weight excluding hydrogens is 206 g/mol. The standard InChI is InChI=1S/C10H21N5O/c1-6-16-10(3,4)7-15-9(8(2)11-5)12-13-14-15/h8,11H,6-7H2,1-5H3. The van der Waals surface area contributed by atoms with Crippen molar-refractivity contribution in [3.63, 3.8) is 0 Å². The van der Waals surface area contributed by atoms with Gasteiger partial charge in [-0.15, -0.1) is 5.10 Å². The van der Waals surface area contributed by atoms with Crippen molar-refractivity contribution >= 4 is 0 Å². The second kappa shape index (κ2) is 5.36. The Morgan fingerprint density at radius 2 is 2.19 bits per heavy atom. The Hall–Kier alpha value is -1.01. The first kappa shape index (κ1) is 13.1. The first-order valence-corrected chi connectivity index (χ1v) is 5.57. The van der Waals surface area contributed by atoms with Crippen molar-refractivity contribution in [1.82, 2.24) is 25.5 Å². The van der Waals surface area contributed by atoms with Crippen LogP contribution in [0.15, 0.2) is 0 Å². The van der Waals surface area contributed by atoms with Gasteiger partial charge in [-0.2, -0.15) is 0 Å². The average Bonchev–Trinajstić information content (AvgIpc) is 2.63. The van der Waals surface area contributed by atoms with Gasteiger partial charge < -0.3 is 10.1 Å². The number of aromatic nitrogens is 4. The summed E-state index contributed by atoms with van der Waals surface area (Å²) in [6.45, 7) is 9.41. The number of nitrogens with one attached hydrogen (secondary N) is 1. The highest BCUT2D eigenvalue weighted by Gasteiger charge is 2.22. The van der Waals surface area contributed by atoms with E-state index < -0.39 is 0 Å². The number of nitrogens with zero attached hydrogens (tertiary/aromatic N) is 4. The molecule has 0 spiro atoms. The van der Waals surface area contributed by atoms with Crippen LogP contribution in [-0.2, 0) is 11.3 Å². The molecule has 16 heavy (non-hydrogen) atoms. The average molecular weight is 227 g/mol. The quantitative estimate of drug-likeness (QED) is 0.777. The molecule has 6 heteroatoms. The Morgan fingerprint density at radius 3 is 2.75 bits per heavy atom. The maximum absolute atomic E-state index is 5.63. The highest BCUT2D eigenvalue weighted by molar-refractivity contribution is 4.90. The molecule has 0 saturated heterocycles. The number of hydrogen-bond acceptors (Lipinski definition) is 5. The van der Waals surface area contributed by atoms with Gasteiger partial charge in [0.1, 0.15) is 0 Å². The molecule has 0 saturated carbocycles. The van der Waals surface area contributed by atoms with Crippen molar-refractivity contribution in [2.24, 2.45) is 0 Å². The van der Waals surface area contributed by atoms with Crippen LogP contribution in [0.1, 0.15) is 39.6 Å². The van der Waals surface area contributed by atoms with Crippen molar-refractivity contribution in [1.29, 1.82) is 0 Å². The van der Waals surface area contributed by atoms with Crippen LogP contribution in [0.4, 0.5) is 0 Å². The molecule has 0 fully saturated rings. The molecule has 1 aromatic heterocycles. The molecule has 92 valence electrons. The molecule has 0 amide bonds. The van der Waals surface area contributed by atoms with Gasteiger partial charge in [0.15, 0.2) is 5.82 Å². The summed E-state index contributed by atoms with van der Waals surface area (Å²) in [5, 5.41) is 14.8. The zero-order valence-electron chi connectivity index (χ0n) is 10.7. The highest BCUT2D eigenvalue weighted by atomic mass is 16.5. The molecular formula is C10H21N5O. The van der Waals surface area contributed by atoms with Crippen LogP contribution < -0.4 is 5.32 Å². The van der Waals surface area contributed by atoms with E-state index in [0.29, 0.717) is 13.2 Å². The normalized spacial score (nSPS) is 14.1. The van der Waals surface area contributed by atoms with Gasteiger partial charge in [0, 0.05) is 6.61 Å². The number of hydrogen-bond donors (Lipinski definition) is 1. The molecule has 1 N–H and O–H groups in total. The molecule has 0 aliphatic heterocycles. The summed E-state index contributed by atoms with van der Waals surface area (Å²) < 4.78 is 7.42. The van der Waals surface area contributed by atoms with Crippen LogP contribution in [0.5, 0.6) is 0 Å². The zero-order valence-corrected chi connectivity index (χ0v) is 10.7. The molecule has 6 nitrogen and oxygen atoms in total. The van der Waals surface area contributed by atoms with Crippen molar-refractivity contribution in [3.8, 4) is 0 Å². The first-order valence-electron chi connectivity index (χ1n) is 5.57. The first-order chi connectivity index (χ1) is 7.50. The van der Waals surface area contributed by atoms with Gasteiger partial charge in [-0.1, -0.05) is 0 Å². The minimum Gasteiger partial charge on any atom is -0.374 e. The maximum atomic E-state index is 5.63. The second-order valence-electron chi connectivity index (χ2n) is 4.40. The number of rotatable bonds is 6. The van der Waals surface area contributed by atoms with E-state index in [2.05, 4.69) is 20.8 Å². The molecule has 0 aliphatic carbocycles. The van der Waals surface area contributed by atoms with E-state index in [1.807, 2.05) is 34.7 Å². The molecule has 0 bridgehead atoms. The summed E-state index contributed by atoms with van der Waals surface area (Å²) in [6.07, 6.45) is 0. The van der Waals surface area contributed by atoms with Gasteiger partial charge in [-0.25, -0.2) is 4.68 Å². The van der Waals surface area contributed by atoms with Crippen LogP contribution in [0, 0.1) is 0 Å². The minimum absolute atomic E-state index is 0.132. The van der Waals surface area contributed by atoms with Crippen LogP contribution in [-0.4, -0.2) is 39.5 Å². The van der Waals surface area contributed by atoms with Gasteiger partial charge in [0.05, 0.1) is 18.2 Å². The topological polar surface area (TPSA) is 64.9 Å². The summed E-state index contributed by atoms with van der Waals surface area (Å²) in [5.41, 5.74) is -0.258. The van der Waals surface area contributed by atoms with E-state index in [-0.39, 0.29) is 11.6 Å². The minimum atomic E-state index is -0.258. The Bertz CT molecular complexity index is 323. The largest absolute Gasteiger partial charge is 0.374 e. The van der Waals surface area contributed by atoms with E-state index in [1.165, 1.54) is 0 Å². The summed E-state index contributed by atoms with van der Waals surface area (Å²) in [5.74, 6) is 0.829. The SMILES string of the molecule is CCOC(C)(C)Cn1nnnc1C(C)NC. The molecule has 1 unspecified atom stereocenters. The van der Waals surface area contributed by atoms with Crippen molar-refractivity contribution in [2.75, 3.05) is 13.7 Å². The lowest BCUT2D eigenvalue weighted by Crippen LogP contribution is -2.33. The van der Waals surface area contributed by atoms with Crippen molar-refractivity contribution in [3.05, 3.63) is 5.82 Å². The Morgan fingerprint density at radius 1 is 1.50 bits per heavy atom. The fourth-order valence-corrected chi connectivity index (χ4v) is 1.56. The van der Waals surface area contributed by atoms with E-state index in [9.17, 15) is 0 Å². The third-order valence-corrected chi connectivity index (χ3v) is 2.45. The fraction of sp³-hybridized carbons (Fsp3) is 0.900. The van der Waals surface area contributed by atoms with Gasteiger partial charge in [0.2, 0.25) is 0 Å². The second-order valence-corrected chi connectivity index (χ2v) is 4.40. The van der Waals surface area contributed by atoms with E-state index in [1.54, 1.807) is 4.68 Å². The predicted molar refractivity (Wildman–Crippen MR) is 61.0 cm³/mol. The third-order valence-electron chi connectivity index (χ3n) is 2.45. The Labute approximate surface area is 96.4 Å². The number of ether oxygens (including phenoxy) is 1. The third kappa shape index (κ3) is 3.24. The number of tetrazole rings is 1. The van der Waals surface area contributed by atoms with Gasteiger partial charge in [0.25, 0.3) is 0 Å². The molecule has 1 rings (SSSR count). The zero-order chi connectivity index (χ0) is 12.2. The Balaban J connectivity index is 2.77. The predicted octanol–water partition coefficient (Wildman–Crippen LogP) is 0.769. The van der Waals surface area contributed by atoms with Crippen LogP contribution in [0.3, 0.4) is 0 Å². The van der Waals surface area contributed by atoms with Gasteiger partial charge in [-0.3, -0.25) is 0 Å². The smallest absolute Gasteiger partial charge is 0.168 e. The van der Waals surface area contributed by atoms with Crippen LogP contribution >= 0.6 is 0 Å². The molecule has 1 atom stereocenters. The summed E-state index contributed by atoms with van der Waals surface area (Å²) in [4.78, 5) is 0. The lowest BCUT2D eigenvalue weighted by Gasteiger charge is -2.25. The fourth-order valence-electron chi connectivity index (χ4n) is 1.56. The van der Waals surface area contributed by atoms with Crippen molar-refractivity contribution in [2.45, 2.75) is 45.9 Å². The van der Waals surface area contributed by atoms with Gasteiger partial charge >= 0.3 is 0 Å². The summed E-state index contributed by atoms with van der Waals surface area (Å²) in [6, 6.07) is 0.132. The molecule has 1 heterocycles. The Kier molecular flexibility index (Phi) is 4.37. The van der Waals surface area contributed by atoms with E-state index >= 15 is 0 Å². The van der Waals surface area contributed by atoms with Crippen LogP contribution in [0.2, 0.25) is 0 Å². The molecule has 0 aromatic carbocycles. The van der Waals surface area contributed by atoms with Crippen LogP contribution in [0.25, 0.3) is 0 Å². The van der Waals surface area contributed by atoms with E-state index in [4.69, 9.17) is 4.74 Å². The lowest BCUT2D eigenvalue weighted by atomic mass is 10.1. The lowest BCUT2D eigenvalue weighted by molar-refractivity contribution is -0.0257. The highest BCUT2D eigenvalue weighted by Crippen LogP contribution is 2.14. The molecule has 1 aromatic rings.